The normalized spacial score (nSPS) is 12.0. The SMILES string of the molecule is Cc1ccsc1CNc1nc2cc(C(F)(F)F)ccc2s1. The molecular formula is C14H11F3N2S2. The molecule has 0 aliphatic heterocycles. The molecule has 0 amide bonds. The Kier molecular flexibility index (Phi) is 3.62. The van der Waals surface area contributed by atoms with Crippen molar-refractivity contribution in [3.63, 3.8) is 0 Å². The number of aryl methyl sites for hydroxylation is 1. The number of fused-ring (bicyclic) bond motifs is 1. The molecule has 7 heteroatoms. The topological polar surface area (TPSA) is 24.9 Å². The maximum Gasteiger partial charge on any atom is 0.416 e. The van der Waals surface area contributed by atoms with E-state index in [1.807, 2.05) is 18.4 Å². The number of alkyl halides is 3. The second-order valence-electron chi connectivity index (χ2n) is 4.58. The van der Waals surface area contributed by atoms with Gasteiger partial charge in [0.25, 0.3) is 0 Å². The van der Waals surface area contributed by atoms with E-state index < -0.39 is 11.7 Å². The Morgan fingerprint density at radius 2 is 2.05 bits per heavy atom. The smallest absolute Gasteiger partial charge is 0.357 e. The average molecular weight is 328 g/mol. The Labute approximate surface area is 127 Å². The fourth-order valence-corrected chi connectivity index (χ4v) is 3.61. The van der Waals surface area contributed by atoms with E-state index >= 15 is 0 Å². The number of nitrogens with one attached hydrogen (secondary N) is 1. The molecule has 0 unspecified atom stereocenters. The Balaban J connectivity index is 1.82. The highest BCUT2D eigenvalue weighted by Gasteiger charge is 2.30. The first-order chi connectivity index (χ1) is 9.93. The van der Waals surface area contributed by atoms with Crippen LogP contribution in [0, 0.1) is 6.92 Å². The predicted octanol–water partition coefficient (Wildman–Crippen LogP) is 5.30. The van der Waals surface area contributed by atoms with E-state index in [4.69, 9.17) is 0 Å². The summed E-state index contributed by atoms with van der Waals surface area (Å²) >= 11 is 3.01. The minimum atomic E-state index is -4.33. The van der Waals surface area contributed by atoms with Crippen LogP contribution in [0.1, 0.15) is 16.0 Å². The third kappa shape index (κ3) is 3.03. The summed E-state index contributed by atoms with van der Waals surface area (Å²) in [6.07, 6.45) is -4.33. The van der Waals surface area contributed by atoms with Gasteiger partial charge in [-0.3, -0.25) is 0 Å². The molecule has 1 aromatic carbocycles. The van der Waals surface area contributed by atoms with Crippen molar-refractivity contribution in [2.75, 3.05) is 5.32 Å². The molecule has 0 saturated carbocycles. The average Bonchev–Trinajstić information content (AvgIpc) is 2.99. The summed E-state index contributed by atoms with van der Waals surface area (Å²) in [7, 11) is 0. The van der Waals surface area contributed by atoms with Crippen molar-refractivity contribution >= 4 is 38.0 Å². The first kappa shape index (κ1) is 14.3. The molecule has 0 saturated heterocycles. The lowest BCUT2D eigenvalue weighted by Gasteiger charge is -2.04. The van der Waals surface area contributed by atoms with Crippen molar-refractivity contribution in [3.8, 4) is 0 Å². The van der Waals surface area contributed by atoms with Gasteiger partial charge in [0.15, 0.2) is 5.13 Å². The Morgan fingerprint density at radius 1 is 1.24 bits per heavy atom. The van der Waals surface area contributed by atoms with Gasteiger partial charge in [-0.15, -0.1) is 11.3 Å². The standard InChI is InChI=1S/C14H11F3N2S2/c1-8-4-5-20-12(8)7-18-13-19-10-6-9(14(15,16)17)2-3-11(10)21-13/h2-6H,7H2,1H3,(H,18,19). The van der Waals surface area contributed by atoms with Crippen molar-refractivity contribution in [1.29, 1.82) is 0 Å². The van der Waals surface area contributed by atoms with E-state index in [0.717, 1.165) is 16.8 Å². The van der Waals surface area contributed by atoms with E-state index in [1.165, 1.54) is 27.8 Å². The molecule has 2 aromatic heterocycles. The lowest BCUT2D eigenvalue weighted by Crippen LogP contribution is -2.04. The summed E-state index contributed by atoms with van der Waals surface area (Å²) in [5.41, 5.74) is 0.911. The zero-order valence-electron chi connectivity index (χ0n) is 11.0. The van der Waals surface area contributed by atoms with E-state index in [9.17, 15) is 13.2 Å². The van der Waals surface area contributed by atoms with Gasteiger partial charge < -0.3 is 5.32 Å². The number of nitrogens with zero attached hydrogens (tertiary/aromatic N) is 1. The molecule has 3 aromatic rings. The third-order valence-electron chi connectivity index (χ3n) is 3.08. The van der Waals surface area contributed by atoms with Crippen LogP contribution in [0.4, 0.5) is 18.3 Å². The summed E-state index contributed by atoms with van der Waals surface area (Å²) in [6, 6.07) is 5.69. The van der Waals surface area contributed by atoms with Crippen LogP contribution in [0.25, 0.3) is 10.2 Å². The van der Waals surface area contributed by atoms with Crippen LogP contribution in [0.5, 0.6) is 0 Å². The minimum absolute atomic E-state index is 0.375. The number of rotatable bonds is 3. The Morgan fingerprint density at radius 3 is 2.71 bits per heavy atom. The van der Waals surface area contributed by atoms with Crippen LogP contribution in [-0.2, 0) is 12.7 Å². The highest BCUT2D eigenvalue weighted by atomic mass is 32.1. The molecule has 0 aliphatic rings. The lowest BCUT2D eigenvalue weighted by atomic mass is 10.2. The van der Waals surface area contributed by atoms with Crippen LogP contribution in [0.2, 0.25) is 0 Å². The molecule has 1 N–H and O–H groups in total. The van der Waals surface area contributed by atoms with E-state index in [1.54, 1.807) is 11.3 Å². The van der Waals surface area contributed by atoms with E-state index in [0.29, 0.717) is 17.2 Å². The first-order valence-corrected chi connectivity index (χ1v) is 7.88. The fourth-order valence-electron chi connectivity index (χ4n) is 1.92. The van der Waals surface area contributed by atoms with Crippen molar-refractivity contribution in [1.82, 2.24) is 4.98 Å². The minimum Gasteiger partial charge on any atom is -0.357 e. The van der Waals surface area contributed by atoms with Crippen LogP contribution < -0.4 is 5.32 Å². The van der Waals surface area contributed by atoms with Gasteiger partial charge in [0, 0.05) is 4.88 Å². The van der Waals surface area contributed by atoms with E-state index in [2.05, 4.69) is 10.3 Å². The number of benzene rings is 1. The van der Waals surface area contributed by atoms with Gasteiger partial charge in [0.2, 0.25) is 0 Å². The van der Waals surface area contributed by atoms with Gasteiger partial charge in [-0.1, -0.05) is 11.3 Å². The fraction of sp³-hybridized carbons (Fsp3) is 0.214. The van der Waals surface area contributed by atoms with Crippen molar-refractivity contribution in [2.45, 2.75) is 19.6 Å². The zero-order valence-corrected chi connectivity index (χ0v) is 12.6. The van der Waals surface area contributed by atoms with E-state index in [-0.39, 0.29) is 0 Å². The summed E-state index contributed by atoms with van der Waals surface area (Å²) in [6.45, 7) is 2.66. The van der Waals surface area contributed by atoms with Crippen LogP contribution in [-0.4, -0.2) is 4.98 Å². The van der Waals surface area contributed by atoms with Gasteiger partial charge in [-0.25, -0.2) is 4.98 Å². The van der Waals surface area contributed by atoms with Crippen LogP contribution >= 0.6 is 22.7 Å². The van der Waals surface area contributed by atoms with Crippen molar-refractivity contribution in [3.05, 3.63) is 45.6 Å². The van der Waals surface area contributed by atoms with Crippen molar-refractivity contribution < 1.29 is 13.2 Å². The van der Waals surface area contributed by atoms with Gasteiger partial charge in [0.1, 0.15) is 0 Å². The third-order valence-corrected chi connectivity index (χ3v) is 5.10. The molecule has 21 heavy (non-hydrogen) atoms. The van der Waals surface area contributed by atoms with Gasteiger partial charge in [-0.2, -0.15) is 13.2 Å². The summed E-state index contributed by atoms with van der Waals surface area (Å²) in [4.78, 5) is 5.43. The summed E-state index contributed by atoms with van der Waals surface area (Å²) in [5.74, 6) is 0. The zero-order chi connectivity index (χ0) is 15.0. The van der Waals surface area contributed by atoms with Gasteiger partial charge in [0.05, 0.1) is 22.3 Å². The maximum atomic E-state index is 12.7. The monoisotopic (exact) mass is 328 g/mol. The number of aromatic nitrogens is 1. The number of halogens is 3. The second kappa shape index (κ2) is 5.31. The second-order valence-corrected chi connectivity index (χ2v) is 6.61. The number of hydrogen-bond acceptors (Lipinski definition) is 4. The highest BCUT2D eigenvalue weighted by Crippen LogP contribution is 2.34. The number of thiazole rings is 1. The van der Waals surface area contributed by atoms with Gasteiger partial charge in [-0.05, 0) is 42.1 Å². The summed E-state index contributed by atoms with van der Waals surface area (Å²) < 4.78 is 38.7. The molecular weight excluding hydrogens is 317 g/mol. The molecule has 2 nitrogen and oxygen atoms in total. The number of thiophene rings is 1. The molecule has 110 valence electrons. The van der Waals surface area contributed by atoms with Crippen LogP contribution in [0.3, 0.4) is 0 Å². The predicted molar refractivity (Wildman–Crippen MR) is 81.0 cm³/mol. The molecule has 0 bridgehead atoms. The Hall–Kier alpha value is -1.60. The van der Waals surface area contributed by atoms with Crippen molar-refractivity contribution in [2.24, 2.45) is 0 Å². The molecule has 0 atom stereocenters. The van der Waals surface area contributed by atoms with Gasteiger partial charge >= 0.3 is 6.18 Å². The van der Waals surface area contributed by atoms with Crippen LogP contribution in [0.15, 0.2) is 29.6 Å². The lowest BCUT2D eigenvalue weighted by molar-refractivity contribution is -0.137. The molecule has 0 spiro atoms. The number of hydrogen-bond donors (Lipinski definition) is 1. The largest absolute Gasteiger partial charge is 0.416 e. The molecule has 0 fully saturated rings. The Bertz CT molecular complexity index is 774. The summed E-state index contributed by atoms with van der Waals surface area (Å²) in [5, 5.41) is 5.82. The maximum absolute atomic E-state index is 12.7. The molecule has 2 heterocycles. The molecule has 3 rings (SSSR count). The molecule has 0 radical (unpaired) electrons. The molecule has 0 aliphatic carbocycles. The number of anilines is 1. The quantitative estimate of drug-likeness (QED) is 0.706. The highest BCUT2D eigenvalue weighted by molar-refractivity contribution is 7.22. The first-order valence-electron chi connectivity index (χ1n) is 6.18.